The Balaban J connectivity index is 1.88. The van der Waals surface area contributed by atoms with E-state index in [9.17, 15) is 4.79 Å². The summed E-state index contributed by atoms with van der Waals surface area (Å²) in [5.74, 6) is 0.509. The van der Waals surface area contributed by atoms with E-state index < -0.39 is 0 Å². The summed E-state index contributed by atoms with van der Waals surface area (Å²) in [6.45, 7) is 2.81. The zero-order valence-corrected chi connectivity index (χ0v) is 16.7. The molecule has 148 valence electrons. The van der Waals surface area contributed by atoms with E-state index in [1.807, 2.05) is 30.3 Å². The first-order chi connectivity index (χ1) is 14.1. The van der Waals surface area contributed by atoms with E-state index in [4.69, 9.17) is 9.47 Å². The Morgan fingerprint density at radius 1 is 1.07 bits per heavy atom. The Morgan fingerprint density at radius 3 is 2.66 bits per heavy atom. The van der Waals surface area contributed by atoms with Crippen molar-refractivity contribution in [2.24, 2.45) is 0 Å². The molecule has 2 heterocycles. The van der Waals surface area contributed by atoms with Crippen LogP contribution in [-0.2, 0) is 18.0 Å². The highest BCUT2D eigenvalue weighted by atomic mass is 16.5. The summed E-state index contributed by atoms with van der Waals surface area (Å²) >= 11 is 0. The molecular weight excluding hydrogens is 366 g/mol. The number of aryl methyl sites for hydroxylation is 1. The lowest BCUT2D eigenvalue weighted by Crippen LogP contribution is -2.21. The number of carbonyl (C=O) groups excluding carboxylic acids is 1. The number of carbonyl (C=O) groups is 1. The minimum atomic E-state index is -0.244. The molecule has 2 aromatic carbocycles. The largest absolute Gasteiger partial charge is 0.488 e. The minimum Gasteiger partial charge on any atom is -0.488 e. The molecule has 0 spiro atoms. The first-order valence-corrected chi connectivity index (χ1v) is 9.44. The molecule has 2 N–H and O–H groups in total. The molecule has 0 aliphatic carbocycles. The fourth-order valence-electron chi connectivity index (χ4n) is 3.62. The summed E-state index contributed by atoms with van der Waals surface area (Å²) in [6, 6.07) is 14.1. The number of rotatable bonds is 6. The number of nitrogens with one attached hydrogen (secondary N) is 2. The van der Waals surface area contributed by atoms with Crippen molar-refractivity contribution in [1.82, 2.24) is 15.3 Å². The predicted octanol–water partition coefficient (Wildman–Crippen LogP) is 4.11. The van der Waals surface area contributed by atoms with Crippen LogP contribution in [0.5, 0.6) is 5.75 Å². The number of hydrogen-bond donors (Lipinski definition) is 2. The molecule has 6 heteroatoms. The number of hydrogen-bond acceptors (Lipinski definition) is 4. The average molecular weight is 389 g/mol. The van der Waals surface area contributed by atoms with Crippen molar-refractivity contribution in [3.63, 3.8) is 0 Å². The first kappa shape index (κ1) is 19.0. The van der Waals surface area contributed by atoms with Gasteiger partial charge < -0.3 is 19.8 Å². The summed E-state index contributed by atoms with van der Waals surface area (Å²) in [5, 5.41) is 4.48. The summed E-state index contributed by atoms with van der Waals surface area (Å²) in [7, 11) is 3.20. The average Bonchev–Trinajstić information content (AvgIpc) is 3.12. The van der Waals surface area contributed by atoms with Gasteiger partial charge in [-0.1, -0.05) is 30.3 Å². The van der Waals surface area contributed by atoms with Gasteiger partial charge in [-0.3, -0.25) is 4.79 Å². The molecule has 6 nitrogen and oxygen atoms in total. The molecule has 0 saturated heterocycles. The monoisotopic (exact) mass is 389 g/mol. The van der Waals surface area contributed by atoms with Gasteiger partial charge in [0, 0.05) is 30.5 Å². The summed E-state index contributed by atoms with van der Waals surface area (Å²) < 4.78 is 11.6. The zero-order valence-electron chi connectivity index (χ0n) is 16.7. The van der Waals surface area contributed by atoms with E-state index in [0.29, 0.717) is 12.3 Å². The van der Waals surface area contributed by atoms with Crippen LogP contribution in [0.4, 0.5) is 0 Å². The zero-order chi connectivity index (χ0) is 20.4. The molecule has 0 bridgehead atoms. The number of aromatic amines is 1. The lowest BCUT2D eigenvalue weighted by Gasteiger charge is -2.12. The molecule has 0 aliphatic rings. The summed E-state index contributed by atoms with van der Waals surface area (Å²) in [4.78, 5) is 20.1. The number of aromatic nitrogens is 2. The van der Waals surface area contributed by atoms with E-state index in [-0.39, 0.29) is 12.5 Å². The van der Waals surface area contributed by atoms with E-state index in [1.165, 1.54) is 5.56 Å². The maximum Gasteiger partial charge on any atom is 0.270 e. The van der Waals surface area contributed by atoms with Crippen LogP contribution >= 0.6 is 0 Å². The smallest absolute Gasteiger partial charge is 0.270 e. The van der Waals surface area contributed by atoms with Crippen molar-refractivity contribution in [2.45, 2.75) is 20.1 Å². The van der Waals surface area contributed by atoms with Crippen LogP contribution < -0.4 is 10.1 Å². The summed E-state index contributed by atoms with van der Waals surface area (Å²) in [6.07, 6.45) is 1.68. The molecule has 29 heavy (non-hydrogen) atoms. The van der Waals surface area contributed by atoms with Crippen LogP contribution in [0.3, 0.4) is 0 Å². The number of methoxy groups -OCH3 is 1. The Kier molecular flexibility index (Phi) is 5.18. The molecular formula is C23H23N3O3. The van der Waals surface area contributed by atoms with Gasteiger partial charge in [-0.15, -0.1) is 0 Å². The first-order valence-electron chi connectivity index (χ1n) is 9.44. The van der Waals surface area contributed by atoms with Gasteiger partial charge in [0.1, 0.15) is 18.1 Å². The highest BCUT2D eigenvalue weighted by Crippen LogP contribution is 2.36. The quantitative estimate of drug-likeness (QED) is 0.520. The van der Waals surface area contributed by atoms with Crippen LogP contribution in [0.15, 0.2) is 48.7 Å². The fraction of sp³-hybridized carbons (Fsp3) is 0.217. The van der Waals surface area contributed by atoms with E-state index in [1.54, 1.807) is 20.4 Å². The van der Waals surface area contributed by atoms with Gasteiger partial charge in [-0.05, 0) is 30.2 Å². The van der Waals surface area contributed by atoms with E-state index in [2.05, 4.69) is 34.3 Å². The van der Waals surface area contributed by atoms with Crippen molar-refractivity contribution in [2.75, 3.05) is 14.2 Å². The van der Waals surface area contributed by atoms with Crippen LogP contribution in [0.2, 0.25) is 0 Å². The van der Waals surface area contributed by atoms with Crippen molar-refractivity contribution < 1.29 is 14.3 Å². The van der Waals surface area contributed by atoms with E-state index >= 15 is 0 Å². The Labute approximate surface area is 168 Å². The molecule has 0 fully saturated rings. The topological polar surface area (TPSA) is 76.2 Å². The number of nitrogens with zero attached hydrogens (tertiary/aromatic N) is 1. The van der Waals surface area contributed by atoms with Gasteiger partial charge in [-0.2, -0.15) is 0 Å². The van der Waals surface area contributed by atoms with Gasteiger partial charge in [0.05, 0.1) is 23.8 Å². The lowest BCUT2D eigenvalue weighted by atomic mass is 10.0. The molecule has 4 aromatic rings. The molecule has 0 unspecified atom stereocenters. The normalized spacial score (nSPS) is 11.1. The molecule has 0 atom stereocenters. The van der Waals surface area contributed by atoms with Crippen molar-refractivity contribution in [3.8, 4) is 5.75 Å². The van der Waals surface area contributed by atoms with Crippen LogP contribution in [0.25, 0.3) is 21.8 Å². The predicted molar refractivity (Wildman–Crippen MR) is 113 cm³/mol. The maximum absolute atomic E-state index is 12.4. The highest BCUT2D eigenvalue weighted by molar-refractivity contribution is 6.14. The van der Waals surface area contributed by atoms with Gasteiger partial charge in [0.2, 0.25) is 0 Å². The van der Waals surface area contributed by atoms with Crippen LogP contribution in [0.1, 0.15) is 27.2 Å². The van der Waals surface area contributed by atoms with Crippen molar-refractivity contribution in [1.29, 1.82) is 0 Å². The van der Waals surface area contributed by atoms with Gasteiger partial charge in [-0.25, -0.2) is 4.98 Å². The third-order valence-electron chi connectivity index (χ3n) is 5.10. The van der Waals surface area contributed by atoms with Crippen LogP contribution in [-0.4, -0.2) is 30.0 Å². The Morgan fingerprint density at radius 2 is 1.90 bits per heavy atom. The summed E-state index contributed by atoms with van der Waals surface area (Å²) in [5.41, 5.74) is 5.18. The molecule has 0 saturated carbocycles. The SMILES string of the molecule is CNC(=O)c1ncc2[nH]c3cccc(OCc4ccccc4C)c3c2c1COC. The second kappa shape index (κ2) is 7.93. The van der Waals surface area contributed by atoms with E-state index in [0.717, 1.165) is 38.7 Å². The lowest BCUT2D eigenvalue weighted by molar-refractivity contribution is 0.0953. The Hall–Kier alpha value is -3.38. The third kappa shape index (κ3) is 3.43. The van der Waals surface area contributed by atoms with Crippen molar-refractivity contribution >= 4 is 27.7 Å². The van der Waals surface area contributed by atoms with Crippen LogP contribution in [0, 0.1) is 6.92 Å². The number of pyridine rings is 1. The molecule has 0 aliphatic heterocycles. The number of fused-ring (bicyclic) bond motifs is 3. The standard InChI is InChI=1S/C23H23N3O3/c1-14-7-4-5-8-15(14)12-29-19-10-6-9-17-21(19)20-16(13-28-3)22(23(27)24-2)25-11-18(20)26-17/h4-11,26H,12-13H2,1-3H3,(H,24,27). The van der Waals surface area contributed by atoms with Crippen molar-refractivity contribution in [3.05, 3.63) is 71.0 Å². The molecule has 0 radical (unpaired) electrons. The number of ether oxygens (including phenoxy) is 2. The van der Waals surface area contributed by atoms with Gasteiger partial charge in [0.25, 0.3) is 5.91 Å². The second-order valence-corrected chi connectivity index (χ2v) is 6.91. The highest BCUT2D eigenvalue weighted by Gasteiger charge is 2.20. The van der Waals surface area contributed by atoms with Gasteiger partial charge >= 0.3 is 0 Å². The molecule has 4 rings (SSSR count). The second-order valence-electron chi connectivity index (χ2n) is 6.91. The maximum atomic E-state index is 12.4. The fourth-order valence-corrected chi connectivity index (χ4v) is 3.62. The number of benzene rings is 2. The third-order valence-corrected chi connectivity index (χ3v) is 5.10. The minimum absolute atomic E-state index is 0.244. The Bertz CT molecular complexity index is 1200. The molecule has 2 aromatic heterocycles. The molecule has 1 amide bonds. The number of H-pyrrole nitrogens is 1. The van der Waals surface area contributed by atoms with Gasteiger partial charge in [0.15, 0.2) is 0 Å². The number of amides is 1.